The Morgan fingerprint density at radius 2 is 1.53 bits per heavy atom. The Labute approximate surface area is 321 Å². The molecular formula is C45H47N3O7. The van der Waals surface area contributed by atoms with Crippen molar-refractivity contribution in [3.63, 3.8) is 0 Å². The van der Waals surface area contributed by atoms with E-state index >= 15 is 0 Å². The second-order valence-electron chi connectivity index (χ2n) is 14.6. The molecule has 3 N–H and O–H groups in total. The SMILES string of the molecule is O=C(NC1CCC=CCC(CC(=O)N2Cc3ccccc3CC2CO)C(=O)NC(Cc2ccccc2)COC1=O)OCC1c2ccccc2-c2ccccc21. The van der Waals surface area contributed by atoms with Crippen LogP contribution in [0.2, 0.25) is 0 Å². The van der Waals surface area contributed by atoms with E-state index in [1.54, 1.807) is 4.90 Å². The Balaban J connectivity index is 1.04. The number of amides is 3. The number of rotatable bonds is 8. The van der Waals surface area contributed by atoms with Crippen molar-refractivity contribution in [2.24, 2.45) is 5.92 Å². The van der Waals surface area contributed by atoms with Gasteiger partial charge in [0.05, 0.1) is 24.6 Å². The number of allylic oxidation sites excluding steroid dienone is 2. The molecule has 0 saturated carbocycles. The molecule has 4 atom stereocenters. The number of ether oxygens (including phenoxy) is 2. The second kappa shape index (κ2) is 17.6. The molecule has 4 aromatic carbocycles. The fourth-order valence-electron chi connectivity index (χ4n) is 7.98. The van der Waals surface area contributed by atoms with E-state index in [0.717, 1.165) is 38.9 Å². The lowest BCUT2D eigenvalue weighted by Gasteiger charge is -2.36. The zero-order valence-electron chi connectivity index (χ0n) is 30.8. The fraction of sp³-hybridized carbons (Fsp3) is 0.333. The summed E-state index contributed by atoms with van der Waals surface area (Å²) in [6.45, 7) is 0.170. The number of carbonyl (C=O) groups excluding carboxylic acids is 4. The molecule has 0 aromatic heterocycles. The Morgan fingerprint density at radius 1 is 0.855 bits per heavy atom. The van der Waals surface area contributed by atoms with Crippen LogP contribution >= 0.6 is 0 Å². The second-order valence-corrected chi connectivity index (χ2v) is 14.6. The van der Waals surface area contributed by atoms with Gasteiger partial charge in [-0.2, -0.15) is 0 Å². The minimum Gasteiger partial charge on any atom is -0.462 e. The third kappa shape index (κ3) is 8.98. The van der Waals surface area contributed by atoms with Gasteiger partial charge in [0.15, 0.2) is 0 Å². The number of benzene rings is 4. The molecule has 3 amide bonds. The highest BCUT2D eigenvalue weighted by Crippen LogP contribution is 2.44. The number of carbonyl (C=O) groups is 4. The number of nitrogens with zero attached hydrogens (tertiary/aromatic N) is 1. The number of cyclic esters (lactones) is 1. The van der Waals surface area contributed by atoms with Crippen LogP contribution in [-0.2, 0) is 43.2 Å². The van der Waals surface area contributed by atoms with Gasteiger partial charge < -0.3 is 30.1 Å². The van der Waals surface area contributed by atoms with Crippen molar-refractivity contribution in [1.29, 1.82) is 0 Å². The molecule has 0 fully saturated rings. The molecule has 4 unspecified atom stereocenters. The van der Waals surface area contributed by atoms with Gasteiger partial charge in [-0.3, -0.25) is 9.59 Å². The molecular weight excluding hydrogens is 695 g/mol. The Kier molecular flexibility index (Phi) is 12.0. The zero-order chi connectivity index (χ0) is 38.1. The molecule has 2 aliphatic heterocycles. The summed E-state index contributed by atoms with van der Waals surface area (Å²) in [6, 6.07) is 31.7. The normalized spacial score (nSPS) is 21.4. The summed E-state index contributed by atoms with van der Waals surface area (Å²) >= 11 is 0. The van der Waals surface area contributed by atoms with E-state index in [1.807, 2.05) is 103 Å². The number of aliphatic hydroxyl groups excluding tert-OH is 1. The first kappa shape index (κ1) is 37.6. The quantitative estimate of drug-likeness (QED) is 0.152. The van der Waals surface area contributed by atoms with Crippen LogP contribution in [-0.4, -0.2) is 71.8 Å². The summed E-state index contributed by atoms with van der Waals surface area (Å²) in [4.78, 5) is 56.2. The molecule has 0 bridgehead atoms. The lowest BCUT2D eigenvalue weighted by atomic mass is 9.92. The molecule has 10 nitrogen and oxygen atoms in total. The summed E-state index contributed by atoms with van der Waals surface area (Å²) in [6.07, 6.45) is 4.84. The maximum atomic E-state index is 13.9. The molecule has 0 spiro atoms. The summed E-state index contributed by atoms with van der Waals surface area (Å²) in [7, 11) is 0. The Hall–Kier alpha value is -5.74. The number of nitrogens with one attached hydrogen (secondary N) is 2. The first-order valence-corrected chi connectivity index (χ1v) is 19.1. The highest BCUT2D eigenvalue weighted by Gasteiger charge is 2.34. The van der Waals surface area contributed by atoms with Crippen LogP contribution in [0.3, 0.4) is 0 Å². The van der Waals surface area contributed by atoms with E-state index in [4.69, 9.17) is 9.47 Å². The van der Waals surface area contributed by atoms with Crippen molar-refractivity contribution in [3.05, 3.63) is 143 Å². The average molecular weight is 742 g/mol. The summed E-state index contributed by atoms with van der Waals surface area (Å²) in [5.41, 5.74) is 7.49. The first-order chi connectivity index (χ1) is 26.9. The fourth-order valence-corrected chi connectivity index (χ4v) is 7.98. The summed E-state index contributed by atoms with van der Waals surface area (Å²) < 4.78 is 11.5. The molecule has 0 radical (unpaired) electrons. The lowest BCUT2D eigenvalue weighted by molar-refractivity contribution is -0.147. The molecule has 2 heterocycles. The number of aliphatic hydroxyl groups is 1. The van der Waals surface area contributed by atoms with E-state index in [2.05, 4.69) is 22.8 Å². The van der Waals surface area contributed by atoms with Crippen molar-refractivity contribution in [1.82, 2.24) is 15.5 Å². The van der Waals surface area contributed by atoms with Gasteiger partial charge in [-0.25, -0.2) is 9.59 Å². The highest BCUT2D eigenvalue weighted by molar-refractivity contribution is 5.87. The molecule has 10 heteroatoms. The predicted molar refractivity (Wildman–Crippen MR) is 208 cm³/mol. The maximum Gasteiger partial charge on any atom is 0.407 e. The van der Waals surface area contributed by atoms with Gasteiger partial charge in [0.2, 0.25) is 11.8 Å². The number of hydrogen-bond donors (Lipinski definition) is 3. The smallest absolute Gasteiger partial charge is 0.407 e. The molecule has 1 aliphatic carbocycles. The van der Waals surface area contributed by atoms with Gasteiger partial charge in [0, 0.05) is 18.9 Å². The molecule has 0 saturated heterocycles. The largest absolute Gasteiger partial charge is 0.462 e. The van der Waals surface area contributed by atoms with Crippen molar-refractivity contribution >= 4 is 23.9 Å². The average Bonchev–Trinajstić information content (AvgIpc) is 3.53. The molecule has 7 rings (SSSR count). The Bertz CT molecular complexity index is 1990. The van der Waals surface area contributed by atoms with Crippen LogP contribution in [0.1, 0.15) is 59.4 Å². The van der Waals surface area contributed by atoms with Crippen LogP contribution in [0, 0.1) is 5.92 Å². The topological polar surface area (TPSA) is 134 Å². The number of esters is 1. The van der Waals surface area contributed by atoms with E-state index in [9.17, 15) is 24.3 Å². The standard InChI is InChI=1S/C45H47N3O7/c49-27-35-24-31-15-7-8-17-33(31)26-48(35)42(50)25-32-16-5-2-6-22-41(44(52)54-28-34(46-43(32)51)23-30-13-3-1-4-14-30)47-45(53)55-29-40-38-20-11-9-18-36(38)37-19-10-12-21-39(37)40/h1-5,7-15,17-21,32,34-35,40-41,49H,6,16,22-29H2,(H,46,51)(H,47,53). The van der Waals surface area contributed by atoms with Gasteiger partial charge in [-0.1, -0.05) is 115 Å². The molecule has 284 valence electrons. The minimum atomic E-state index is -0.983. The van der Waals surface area contributed by atoms with Gasteiger partial charge in [-0.05, 0) is 71.0 Å². The van der Waals surface area contributed by atoms with Crippen LogP contribution in [0.4, 0.5) is 4.79 Å². The third-order valence-electron chi connectivity index (χ3n) is 10.9. The van der Waals surface area contributed by atoms with Crippen LogP contribution < -0.4 is 10.6 Å². The van der Waals surface area contributed by atoms with Crippen molar-refractivity contribution in [3.8, 4) is 11.1 Å². The van der Waals surface area contributed by atoms with E-state index in [1.165, 1.54) is 0 Å². The maximum absolute atomic E-state index is 13.9. The van der Waals surface area contributed by atoms with Crippen LogP contribution in [0.5, 0.6) is 0 Å². The highest BCUT2D eigenvalue weighted by atomic mass is 16.6. The van der Waals surface area contributed by atoms with Crippen LogP contribution in [0.25, 0.3) is 11.1 Å². The monoisotopic (exact) mass is 741 g/mol. The predicted octanol–water partition coefficient (Wildman–Crippen LogP) is 5.86. The number of hydrogen-bond acceptors (Lipinski definition) is 7. The third-order valence-corrected chi connectivity index (χ3v) is 10.9. The van der Waals surface area contributed by atoms with Crippen molar-refractivity contribution in [2.75, 3.05) is 19.8 Å². The summed E-state index contributed by atoms with van der Waals surface area (Å²) in [5.74, 6) is -1.97. The molecule has 4 aromatic rings. The molecule has 3 aliphatic rings. The number of fused-ring (bicyclic) bond motifs is 4. The van der Waals surface area contributed by atoms with Crippen molar-refractivity contribution < 1.29 is 33.8 Å². The van der Waals surface area contributed by atoms with Crippen LogP contribution in [0.15, 0.2) is 115 Å². The molecule has 55 heavy (non-hydrogen) atoms. The number of alkyl carbamates (subject to hydrolysis) is 1. The van der Waals surface area contributed by atoms with Gasteiger partial charge in [0.1, 0.15) is 19.3 Å². The lowest BCUT2D eigenvalue weighted by Crippen LogP contribution is -2.49. The minimum absolute atomic E-state index is 0.0430. The Morgan fingerprint density at radius 3 is 2.25 bits per heavy atom. The van der Waals surface area contributed by atoms with E-state index in [-0.39, 0.29) is 56.4 Å². The van der Waals surface area contributed by atoms with E-state index in [0.29, 0.717) is 32.2 Å². The first-order valence-electron chi connectivity index (χ1n) is 19.1. The van der Waals surface area contributed by atoms with Crippen molar-refractivity contribution in [2.45, 2.75) is 69.1 Å². The zero-order valence-corrected chi connectivity index (χ0v) is 30.8. The van der Waals surface area contributed by atoms with Gasteiger partial charge in [0.25, 0.3) is 0 Å². The van der Waals surface area contributed by atoms with Gasteiger partial charge in [-0.15, -0.1) is 0 Å². The summed E-state index contributed by atoms with van der Waals surface area (Å²) in [5, 5.41) is 16.0. The van der Waals surface area contributed by atoms with E-state index < -0.39 is 30.1 Å². The van der Waals surface area contributed by atoms with Gasteiger partial charge >= 0.3 is 12.1 Å².